The number of aryl methyl sites for hydroxylation is 1. The molecule has 24 heavy (non-hydrogen) atoms. The number of likely N-dealkylation sites (tertiary alicyclic amines) is 1. The van der Waals surface area contributed by atoms with Crippen molar-refractivity contribution in [1.29, 1.82) is 0 Å². The third-order valence-electron chi connectivity index (χ3n) is 4.12. The number of benzene rings is 1. The predicted octanol–water partition coefficient (Wildman–Crippen LogP) is 1.03. The Labute approximate surface area is 140 Å². The lowest BCUT2D eigenvalue weighted by molar-refractivity contribution is -0.143. The third kappa shape index (κ3) is 4.04. The zero-order chi connectivity index (χ0) is 17.7. The predicted molar refractivity (Wildman–Crippen MR) is 86.6 cm³/mol. The molecule has 1 saturated heterocycles. The Morgan fingerprint density at radius 1 is 1.29 bits per heavy atom. The molecule has 1 aromatic carbocycles. The quantitative estimate of drug-likeness (QED) is 0.811. The zero-order valence-corrected chi connectivity index (χ0v) is 13.9. The molecule has 0 bridgehead atoms. The monoisotopic (exact) mass is 334 g/mol. The van der Waals surface area contributed by atoms with Gasteiger partial charge in [-0.1, -0.05) is 6.07 Å². The van der Waals surface area contributed by atoms with Crippen molar-refractivity contribution in [3.05, 3.63) is 29.3 Å². The van der Waals surface area contributed by atoms with E-state index in [1.165, 1.54) is 12.0 Å². The molecule has 1 heterocycles. The van der Waals surface area contributed by atoms with Crippen molar-refractivity contribution in [3.63, 3.8) is 0 Å². The normalized spacial score (nSPS) is 17.2. The molecule has 130 valence electrons. The van der Waals surface area contributed by atoms with Crippen molar-refractivity contribution in [2.24, 2.45) is 5.73 Å². The number of esters is 1. The molecule has 7 heteroatoms. The second-order valence-corrected chi connectivity index (χ2v) is 5.76. The van der Waals surface area contributed by atoms with Gasteiger partial charge >= 0.3 is 5.97 Å². The van der Waals surface area contributed by atoms with Crippen LogP contribution in [0.4, 0.5) is 0 Å². The Kier molecular flexibility index (Phi) is 5.78. The maximum absolute atomic E-state index is 12.2. The number of nitrogens with zero attached hydrogens (tertiary/aromatic N) is 1. The molecule has 0 radical (unpaired) electrons. The van der Waals surface area contributed by atoms with Gasteiger partial charge in [0.2, 0.25) is 5.91 Å². The van der Waals surface area contributed by atoms with E-state index in [1.54, 1.807) is 18.2 Å². The number of methoxy groups -OCH3 is 1. The van der Waals surface area contributed by atoms with Crippen LogP contribution in [-0.2, 0) is 14.3 Å². The molecule has 2 rings (SSSR count). The molecule has 0 saturated carbocycles. The van der Waals surface area contributed by atoms with Crippen LogP contribution in [0.1, 0.15) is 35.2 Å². The second-order valence-electron chi connectivity index (χ2n) is 5.76. The van der Waals surface area contributed by atoms with E-state index in [2.05, 4.69) is 0 Å². The average molecular weight is 334 g/mol. The van der Waals surface area contributed by atoms with Crippen molar-refractivity contribution < 1.29 is 23.9 Å². The maximum atomic E-state index is 12.2. The highest BCUT2D eigenvalue weighted by Gasteiger charge is 2.31. The van der Waals surface area contributed by atoms with Crippen molar-refractivity contribution in [2.75, 3.05) is 20.3 Å². The van der Waals surface area contributed by atoms with Gasteiger partial charge in [0, 0.05) is 6.54 Å². The molecular formula is C17H22N2O5. The summed E-state index contributed by atoms with van der Waals surface area (Å²) in [5.41, 5.74) is 6.53. The van der Waals surface area contributed by atoms with E-state index in [0.29, 0.717) is 24.3 Å². The Morgan fingerprint density at radius 2 is 2.04 bits per heavy atom. The van der Waals surface area contributed by atoms with Gasteiger partial charge in [-0.3, -0.25) is 9.59 Å². The number of hydrogen-bond donors (Lipinski definition) is 1. The van der Waals surface area contributed by atoms with Gasteiger partial charge in [-0.2, -0.15) is 0 Å². The second kappa shape index (κ2) is 7.81. The van der Waals surface area contributed by atoms with Crippen LogP contribution >= 0.6 is 0 Å². The molecule has 7 nitrogen and oxygen atoms in total. The number of ether oxygens (including phenoxy) is 2. The summed E-state index contributed by atoms with van der Waals surface area (Å²) in [6, 6.07) is 4.29. The van der Waals surface area contributed by atoms with Crippen LogP contribution in [0.2, 0.25) is 0 Å². The van der Waals surface area contributed by atoms with Crippen molar-refractivity contribution in [1.82, 2.24) is 4.90 Å². The van der Waals surface area contributed by atoms with Crippen molar-refractivity contribution in [3.8, 4) is 5.75 Å². The Hall–Kier alpha value is -2.57. The lowest BCUT2D eigenvalue weighted by Crippen LogP contribution is -2.51. The van der Waals surface area contributed by atoms with Gasteiger partial charge in [-0.05, 0) is 43.9 Å². The summed E-state index contributed by atoms with van der Waals surface area (Å²) >= 11 is 0. The van der Waals surface area contributed by atoms with E-state index in [-0.39, 0.29) is 0 Å². The number of carbonyl (C=O) groups is 3. The summed E-state index contributed by atoms with van der Waals surface area (Å²) in [5.74, 6) is -0.988. The highest BCUT2D eigenvalue weighted by molar-refractivity contribution is 5.93. The Bertz CT molecular complexity index is 644. The van der Waals surface area contributed by atoms with Gasteiger partial charge in [0.05, 0.1) is 12.7 Å². The van der Waals surface area contributed by atoms with Gasteiger partial charge in [-0.25, -0.2) is 4.79 Å². The number of rotatable bonds is 5. The molecule has 0 unspecified atom stereocenters. The van der Waals surface area contributed by atoms with Crippen LogP contribution in [0.5, 0.6) is 5.75 Å². The van der Waals surface area contributed by atoms with E-state index >= 15 is 0 Å². The van der Waals surface area contributed by atoms with Crippen LogP contribution in [0.25, 0.3) is 0 Å². The molecule has 1 aliphatic rings. The average Bonchev–Trinajstić information content (AvgIpc) is 2.59. The van der Waals surface area contributed by atoms with Crippen LogP contribution in [-0.4, -0.2) is 49.0 Å². The highest BCUT2D eigenvalue weighted by Crippen LogP contribution is 2.20. The van der Waals surface area contributed by atoms with Crippen LogP contribution in [0.15, 0.2) is 18.2 Å². The summed E-state index contributed by atoms with van der Waals surface area (Å²) in [6.07, 6.45) is 2.20. The summed E-state index contributed by atoms with van der Waals surface area (Å²) in [6.45, 7) is 1.89. The van der Waals surface area contributed by atoms with E-state index in [1.807, 2.05) is 6.92 Å². The summed E-state index contributed by atoms with van der Waals surface area (Å²) in [4.78, 5) is 37.2. The molecule has 1 aliphatic heterocycles. The first kappa shape index (κ1) is 17.8. The topological polar surface area (TPSA) is 98.9 Å². The smallest absolute Gasteiger partial charge is 0.338 e. The molecule has 0 spiro atoms. The molecule has 1 fully saturated rings. The van der Waals surface area contributed by atoms with Crippen LogP contribution in [0.3, 0.4) is 0 Å². The van der Waals surface area contributed by atoms with Crippen LogP contribution < -0.4 is 10.5 Å². The molecular weight excluding hydrogens is 312 g/mol. The molecule has 1 aromatic rings. The summed E-state index contributed by atoms with van der Waals surface area (Å²) in [5, 5.41) is 0. The Morgan fingerprint density at radius 3 is 2.71 bits per heavy atom. The van der Waals surface area contributed by atoms with Crippen molar-refractivity contribution >= 4 is 17.8 Å². The number of primary amides is 1. The molecule has 0 aliphatic carbocycles. The fraction of sp³-hybridized carbons (Fsp3) is 0.471. The van der Waals surface area contributed by atoms with Gasteiger partial charge in [0.25, 0.3) is 5.91 Å². The number of nitrogens with two attached hydrogens (primary N) is 1. The van der Waals surface area contributed by atoms with Gasteiger partial charge in [0.1, 0.15) is 11.8 Å². The van der Waals surface area contributed by atoms with Gasteiger partial charge in [0.15, 0.2) is 6.61 Å². The lowest BCUT2D eigenvalue weighted by atomic mass is 10.0. The molecule has 2 N–H and O–H groups in total. The first-order valence-electron chi connectivity index (χ1n) is 7.84. The standard InChI is InChI=1S/C17H22N2O5/c1-11-6-7-12(9-14(11)23-2)17(22)24-10-15(20)19-8-4-3-5-13(19)16(18)21/h6-7,9,13H,3-5,8,10H2,1-2H3,(H2,18,21)/t13-/m0/s1. The lowest BCUT2D eigenvalue weighted by Gasteiger charge is -2.33. The Balaban J connectivity index is 1.98. The minimum atomic E-state index is -0.621. The van der Waals surface area contributed by atoms with E-state index in [4.69, 9.17) is 15.2 Å². The minimum Gasteiger partial charge on any atom is -0.496 e. The van der Waals surface area contributed by atoms with E-state index in [0.717, 1.165) is 18.4 Å². The largest absolute Gasteiger partial charge is 0.496 e. The van der Waals surface area contributed by atoms with Gasteiger partial charge in [-0.15, -0.1) is 0 Å². The van der Waals surface area contributed by atoms with Crippen LogP contribution in [0, 0.1) is 6.92 Å². The van der Waals surface area contributed by atoms with Crippen molar-refractivity contribution in [2.45, 2.75) is 32.2 Å². The first-order valence-corrected chi connectivity index (χ1v) is 7.84. The fourth-order valence-electron chi connectivity index (χ4n) is 2.77. The fourth-order valence-corrected chi connectivity index (χ4v) is 2.77. The summed E-state index contributed by atoms with van der Waals surface area (Å²) in [7, 11) is 1.52. The molecule has 2 amide bonds. The SMILES string of the molecule is COc1cc(C(=O)OCC(=O)N2CCCC[C@H]2C(N)=O)ccc1C. The number of hydrogen-bond acceptors (Lipinski definition) is 5. The van der Waals surface area contributed by atoms with Gasteiger partial charge < -0.3 is 20.1 Å². The molecule has 0 aromatic heterocycles. The summed E-state index contributed by atoms with van der Waals surface area (Å²) < 4.78 is 10.2. The number of amides is 2. The highest BCUT2D eigenvalue weighted by atomic mass is 16.5. The zero-order valence-electron chi connectivity index (χ0n) is 13.9. The molecule has 1 atom stereocenters. The first-order chi connectivity index (χ1) is 11.4. The van der Waals surface area contributed by atoms with E-state index < -0.39 is 30.4 Å². The third-order valence-corrected chi connectivity index (χ3v) is 4.12. The maximum Gasteiger partial charge on any atom is 0.338 e. The minimum absolute atomic E-state index is 0.301. The van der Waals surface area contributed by atoms with E-state index in [9.17, 15) is 14.4 Å². The number of piperidine rings is 1. The number of carbonyl (C=O) groups excluding carboxylic acids is 3.